The standard InChI is InChI=1S/C24H32N4O2/c1-17(2)15-25-23(29)21-10-9-18(3)27-22(21)20-11-13-28(14-12-20)24(30)26-16-19-7-5-4-6-8-19/h4-10,17,20H,11-16H2,1-3H3,(H,25,29)(H,26,30). The number of aromatic nitrogens is 1. The van der Waals surface area contributed by atoms with Crippen molar-refractivity contribution >= 4 is 11.9 Å². The van der Waals surface area contributed by atoms with Crippen molar-refractivity contribution in [1.29, 1.82) is 0 Å². The number of urea groups is 1. The van der Waals surface area contributed by atoms with Gasteiger partial charge in [-0.2, -0.15) is 0 Å². The van der Waals surface area contributed by atoms with E-state index in [2.05, 4.69) is 24.5 Å². The first kappa shape index (κ1) is 21.8. The van der Waals surface area contributed by atoms with Gasteiger partial charge in [-0.3, -0.25) is 9.78 Å². The van der Waals surface area contributed by atoms with Crippen molar-refractivity contribution < 1.29 is 9.59 Å². The smallest absolute Gasteiger partial charge is 0.317 e. The second-order valence-corrected chi connectivity index (χ2v) is 8.39. The molecule has 1 aromatic carbocycles. The minimum absolute atomic E-state index is 0.0376. The second-order valence-electron chi connectivity index (χ2n) is 8.39. The maximum Gasteiger partial charge on any atom is 0.317 e. The van der Waals surface area contributed by atoms with Crippen LogP contribution in [0.4, 0.5) is 4.79 Å². The molecule has 1 aliphatic rings. The van der Waals surface area contributed by atoms with Crippen molar-refractivity contribution in [2.45, 2.75) is 46.1 Å². The Hall–Kier alpha value is -2.89. The summed E-state index contributed by atoms with van der Waals surface area (Å²) in [6.45, 7) is 8.60. The highest BCUT2D eigenvalue weighted by Gasteiger charge is 2.27. The van der Waals surface area contributed by atoms with Crippen molar-refractivity contribution in [2.75, 3.05) is 19.6 Å². The molecule has 0 radical (unpaired) electrons. The average molecular weight is 409 g/mol. The first-order valence-corrected chi connectivity index (χ1v) is 10.8. The van der Waals surface area contributed by atoms with Gasteiger partial charge in [0.15, 0.2) is 0 Å². The quantitative estimate of drug-likeness (QED) is 0.762. The zero-order valence-corrected chi connectivity index (χ0v) is 18.1. The number of amides is 3. The topological polar surface area (TPSA) is 74.3 Å². The molecule has 6 heteroatoms. The third-order valence-corrected chi connectivity index (χ3v) is 5.43. The SMILES string of the molecule is Cc1ccc(C(=O)NCC(C)C)c(C2CCN(C(=O)NCc3ccccc3)CC2)n1. The molecule has 1 aromatic heterocycles. The van der Waals surface area contributed by atoms with Crippen LogP contribution in [-0.4, -0.2) is 41.5 Å². The van der Waals surface area contributed by atoms with Crippen LogP contribution in [0.15, 0.2) is 42.5 Å². The van der Waals surface area contributed by atoms with E-state index in [1.54, 1.807) is 0 Å². The maximum atomic E-state index is 12.7. The summed E-state index contributed by atoms with van der Waals surface area (Å²) < 4.78 is 0. The van der Waals surface area contributed by atoms with Gasteiger partial charge in [0, 0.05) is 37.8 Å². The molecule has 0 bridgehead atoms. The third kappa shape index (κ3) is 5.81. The number of hydrogen-bond donors (Lipinski definition) is 2. The predicted molar refractivity (Wildman–Crippen MR) is 118 cm³/mol. The molecule has 2 heterocycles. The van der Waals surface area contributed by atoms with Crippen molar-refractivity contribution in [2.24, 2.45) is 5.92 Å². The highest BCUT2D eigenvalue weighted by atomic mass is 16.2. The van der Waals surface area contributed by atoms with E-state index in [-0.39, 0.29) is 17.9 Å². The van der Waals surface area contributed by atoms with Gasteiger partial charge in [0.1, 0.15) is 0 Å². The summed E-state index contributed by atoms with van der Waals surface area (Å²) in [6.07, 6.45) is 1.61. The molecule has 3 amide bonds. The molecule has 1 saturated heterocycles. The fourth-order valence-electron chi connectivity index (χ4n) is 3.71. The summed E-state index contributed by atoms with van der Waals surface area (Å²) in [4.78, 5) is 31.8. The van der Waals surface area contributed by atoms with E-state index >= 15 is 0 Å². The first-order chi connectivity index (χ1) is 14.4. The summed E-state index contributed by atoms with van der Waals surface area (Å²) in [7, 11) is 0. The van der Waals surface area contributed by atoms with Crippen molar-refractivity contribution in [1.82, 2.24) is 20.5 Å². The second kappa shape index (κ2) is 10.2. The van der Waals surface area contributed by atoms with Gasteiger partial charge in [0.05, 0.1) is 11.3 Å². The molecule has 6 nitrogen and oxygen atoms in total. The number of piperidine rings is 1. The molecule has 30 heavy (non-hydrogen) atoms. The van der Waals surface area contributed by atoms with Crippen molar-refractivity contribution in [3.05, 3.63) is 65.0 Å². The molecule has 0 aliphatic carbocycles. The fourth-order valence-corrected chi connectivity index (χ4v) is 3.71. The van der Waals surface area contributed by atoms with E-state index < -0.39 is 0 Å². The lowest BCUT2D eigenvalue weighted by Crippen LogP contribution is -2.44. The van der Waals surface area contributed by atoms with Crippen molar-refractivity contribution in [3.63, 3.8) is 0 Å². The number of pyridine rings is 1. The summed E-state index contributed by atoms with van der Waals surface area (Å²) >= 11 is 0. The minimum atomic E-state index is -0.0609. The summed E-state index contributed by atoms with van der Waals surface area (Å²) in [6, 6.07) is 13.6. The molecule has 1 fully saturated rings. The fraction of sp³-hybridized carbons (Fsp3) is 0.458. The molecular weight excluding hydrogens is 376 g/mol. The number of benzene rings is 1. The minimum Gasteiger partial charge on any atom is -0.352 e. The van der Waals surface area contributed by atoms with Gasteiger partial charge >= 0.3 is 6.03 Å². The molecule has 0 spiro atoms. The Bertz CT molecular complexity index is 859. The van der Waals surface area contributed by atoms with Crippen LogP contribution in [0, 0.1) is 12.8 Å². The third-order valence-electron chi connectivity index (χ3n) is 5.43. The van der Waals surface area contributed by atoms with Crippen LogP contribution >= 0.6 is 0 Å². The van der Waals surface area contributed by atoms with Crippen LogP contribution in [-0.2, 0) is 6.54 Å². The Labute approximate surface area is 179 Å². The van der Waals surface area contributed by atoms with Gasteiger partial charge in [-0.05, 0) is 43.4 Å². The highest BCUT2D eigenvalue weighted by molar-refractivity contribution is 5.95. The molecule has 3 rings (SSSR count). The number of rotatable bonds is 6. The predicted octanol–water partition coefficient (Wildman–Crippen LogP) is 3.87. The molecule has 2 aromatic rings. The number of aryl methyl sites for hydroxylation is 1. The number of likely N-dealkylation sites (tertiary alicyclic amines) is 1. The molecular formula is C24H32N4O2. The number of carbonyl (C=O) groups excluding carboxylic acids is 2. The van der Waals surface area contributed by atoms with Gasteiger partial charge in [0.25, 0.3) is 5.91 Å². The van der Waals surface area contributed by atoms with Gasteiger partial charge < -0.3 is 15.5 Å². The number of carbonyl (C=O) groups is 2. The van der Waals surface area contributed by atoms with Crippen LogP contribution in [0.3, 0.4) is 0 Å². The Morgan fingerprint density at radius 3 is 2.43 bits per heavy atom. The zero-order chi connectivity index (χ0) is 21.5. The highest BCUT2D eigenvalue weighted by Crippen LogP contribution is 2.29. The molecule has 0 atom stereocenters. The van der Waals surface area contributed by atoms with Crippen LogP contribution in [0.2, 0.25) is 0 Å². The van der Waals surface area contributed by atoms with Crippen LogP contribution in [0.5, 0.6) is 0 Å². The number of hydrogen-bond acceptors (Lipinski definition) is 3. The van der Waals surface area contributed by atoms with E-state index in [0.29, 0.717) is 37.7 Å². The number of nitrogens with zero attached hydrogens (tertiary/aromatic N) is 2. The van der Waals surface area contributed by atoms with Gasteiger partial charge in [-0.25, -0.2) is 4.79 Å². The first-order valence-electron chi connectivity index (χ1n) is 10.8. The van der Waals surface area contributed by atoms with E-state index in [1.165, 1.54) is 0 Å². The van der Waals surface area contributed by atoms with E-state index in [1.807, 2.05) is 54.3 Å². The van der Waals surface area contributed by atoms with Crippen LogP contribution < -0.4 is 10.6 Å². The lowest BCUT2D eigenvalue weighted by Gasteiger charge is -2.32. The molecule has 0 unspecified atom stereocenters. The van der Waals surface area contributed by atoms with Crippen molar-refractivity contribution in [3.8, 4) is 0 Å². The van der Waals surface area contributed by atoms with E-state index in [4.69, 9.17) is 4.98 Å². The zero-order valence-electron chi connectivity index (χ0n) is 18.1. The Kier molecular flexibility index (Phi) is 7.44. The molecule has 1 aliphatic heterocycles. The van der Waals surface area contributed by atoms with Gasteiger partial charge in [-0.15, -0.1) is 0 Å². The Morgan fingerprint density at radius 1 is 1.07 bits per heavy atom. The maximum absolute atomic E-state index is 12.7. The van der Waals surface area contributed by atoms with Crippen LogP contribution in [0.25, 0.3) is 0 Å². The molecule has 160 valence electrons. The molecule has 0 saturated carbocycles. The Balaban J connectivity index is 1.59. The van der Waals surface area contributed by atoms with Gasteiger partial charge in [-0.1, -0.05) is 44.2 Å². The normalized spacial score (nSPS) is 14.6. The monoisotopic (exact) mass is 408 g/mol. The summed E-state index contributed by atoms with van der Waals surface area (Å²) in [5.41, 5.74) is 3.52. The van der Waals surface area contributed by atoms with E-state index in [9.17, 15) is 9.59 Å². The Morgan fingerprint density at radius 2 is 1.77 bits per heavy atom. The number of nitrogens with one attached hydrogen (secondary N) is 2. The average Bonchev–Trinajstić information content (AvgIpc) is 2.76. The molecule has 2 N–H and O–H groups in total. The van der Waals surface area contributed by atoms with E-state index in [0.717, 1.165) is 29.8 Å². The van der Waals surface area contributed by atoms with Crippen LogP contribution in [0.1, 0.15) is 59.9 Å². The lowest BCUT2D eigenvalue weighted by atomic mass is 9.90. The van der Waals surface area contributed by atoms with Gasteiger partial charge in [0.2, 0.25) is 0 Å². The largest absolute Gasteiger partial charge is 0.352 e. The lowest BCUT2D eigenvalue weighted by molar-refractivity contribution is 0.0946. The summed E-state index contributed by atoms with van der Waals surface area (Å²) in [5.74, 6) is 0.519. The summed E-state index contributed by atoms with van der Waals surface area (Å²) in [5, 5.41) is 6.00.